The summed E-state index contributed by atoms with van der Waals surface area (Å²) in [4.78, 5) is 7.76. The third-order valence-electron chi connectivity index (χ3n) is 3.03. The van der Waals surface area contributed by atoms with Crippen molar-refractivity contribution in [1.82, 2.24) is 9.97 Å². The number of nitrogens with one attached hydrogen (secondary N) is 2. The van der Waals surface area contributed by atoms with E-state index in [1.807, 2.05) is 0 Å². The minimum atomic E-state index is -2.98. The van der Waals surface area contributed by atoms with E-state index in [1.54, 1.807) is 24.3 Å². The second-order valence-electron chi connectivity index (χ2n) is 5.07. The highest BCUT2D eigenvalue weighted by Gasteiger charge is 2.29. The van der Waals surface area contributed by atoms with Crippen molar-refractivity contribution in [3.8, 4) is 11.8 Å². The number of hydrogen-bond donors (Lipinski definition) is 4. The van der Waals surface area contributed by atoms with Gasteiger partial charge < -0.3 is 21.6 Å². The van der Waals surface area contributed by atoms with Crippen LogP contribution in [0.4, 0.5) is 26.2 Å². The molecule has 0 bridgehead atoms. The lowest BCUT2D eigenvalue weighted by molar-refractivity contribution is -0.0418. The molecule has 5 N–H and O–H groups in total. The zero-order valence-electron chi connectivity index (χ0n) is 12.7. The van der Waals surface area contributed by atoms with Crippen molar-refractivity contribution in [3.63, 3.8) is 0 Å². The highest BCUT2D eigenvalue weighted by molar-refractivity contribution is 5.87. The summed E-state index contributed by atoms with van der Waals surface area (Å²) in [6.45, 7) is 0.944. The maximum Gasteiger partial charge on any atom is 0.277 e. The van der Waals surface area contributed by atoms with Crippen LogP contribution in [-0.2, 0) is 0 Å². The third kappa shape index (κ3) is 4.24. The molecule has 1 aromatic carbocycles. The lowest BCUT2D eigenvalue weighted by atomic mass is 10.1. The van der Waals surface area contributed by atoms with Gasteiger partial charge in [0, 0.05) is 29.2 Å². The predicted molar refractivity (Wildman–Crippen MR) is 87.6 cm³/mol. The lowest BCUT2D eigenvalue weighted by Crippen LogP contribution is -2.31. The highest BCUT2D eigenvalue weighted by Crippen LogP contribution is 2.21. The number of aromatic nitrogens is 2. The SMILES string of the molecule is CC(O)(C#Cc1ccc(C=N)c(Nc2ccnc(N)n2)c1)C(F)F. The fourth-order valence-electron chi connectivity index (χ4n) is 1.70. The fourth-order valence-corrected chi connectivity index (χ4v) is 1.70. The van der Waals surface area contributed by atoms with E-state index in [2.05, 4.69) is 27.1 Å². The van der Waals surface area contributed by atoms with Crippen molar-refractivity contribution in [2.45, 2.75) is 19.0 Å². The van der Waals surface area contributed by atoms with Gasteiger partial charge in [-0.25, -0.2) is 13.8 Å². The van der Waals surface area contributed by atoms with Crippen LogP contribution in [0.15, 0.2) is 30.5 Å². The number of nitrogens with zero attached hydrogens (tertiary/aromatic N) is 2. The third-order valence-corrected chi connectivity index (χ3v) is 3.03. The molecule has 1 unspecified atom stereocenters. The van der Waals surface area contributed by atoms with Crippen molar-refractivity contribution in [2.75, 3.05) is 11.1 Å². The first-order valence-corrected chi connectivity index (χ1v) is 6.85. The summed E-state index contributed by atoms with van der Waals surface area (Å²) >= 11 is 0. The Morgan fingerprint density at radius 2 is 2.17 bits per heavy atom. The number of anilines is 3. The molecule has 2 aromatic rings. The van der Waals surface area contributed by atoms with Gasteiger partial charge in [0.2, 0.25) is 5.95 Å². The van der Waals surface area contributed by atoms with Crippen LogP contribution in [0, 0.1) is 17.3 Å². The Morgan fingerprint density at radius 3 is 2.79 bits per heavy atom. The van der Waals surface area contributed by atoms with Gasteiger partial charge in [0.15, 0.2) is 5.60 Å². The number of halogens is 2. The van der Waals surface area contributed by atoms with E-state index in [0.29, 0.717) is 22.6 Å². The smallest absolute Gasteiger partial charge is 0.277 e. The Labute approximate surface area is 137 Å². The number of benzene rings is 1. The van der Waals surface area contributed by atoms with Gasteiger partial charge in [0.1, 0.15) is 5.82 Å². The monoisotopic (exact) mass is 331 g/mol. The Morgan fingerprint density at radius 1 is 1.42 bits per heavy atom. The molecule has 124 valence electrons. The lowest BCUT2D eigenvalue weighted by Gasteiger charge is -2.14. The van der Waals surface area contributed by atoms with Crippen molar-refractivity contribution < 1.29 is 13.9 Å². The van der Waals surface area contributed by atoms with E-state index in [-0.39, 0.29) is 5.95 Å². The normalized spacial score (nSPS) is 12.9. The van der Waals surface area contributed by atoms with Crippen molar-refractivity contribution in [2.24, 2.45) is 0 Å². The fraction of sp³-hybridized carbons (Fsp3) is 0.188. The van der Waals surface area contributed by atoms with Crippen LogP contribution in [-0.4, -0.2) is 33.3 Å². The summed E-state index contributed by atoms with van der Waals surface area (Å²) in [6.07, 6.45) is -0.384. The van der Waals surface area contributed by atoms with E-state index in [0.717, 1.165) is 13.1 Å². The summed E-state index contributed by atoms with van der Waals surface area (Å²) in [5.74, 6) is 5.14. The van der Waals surface area contributed by atoms with E-state index in [1.165, 1.54) is 6.20 Å². The van der Waals surface area contributed by atoms with Gasteiger partial charge in [-0.2, -0.15) is 4.98 Å². The highest BCUT2D eigenvalue weighted by atomic mass is 19.3. The molecule has 1 heterocycles. The van der Waals surface area contributed by atoms with Gasteiger partial charge in [0.05, 0.1) is 0 Å². The molecule has 0 aliphatic carbocycles. The second-order valence-corrected chi connectivity index (χ2v) is 5.07. The number of nitrogens with two attached hydrogens (primary N) is 1. The van der Waals surface area contributed by atoms with Crippen LogP contribution in [0.25, 0.3) is 0 Å². The summed E-state index contributed by atoms with van der Waals surface area (Å²) in [5.41, 5.74) is 4.54. The second kappa shape index (κ2) is 7.02. The van der Waals surface area contributed by atoms with Gasteiger partial charge in [-0.3, -0.25) is 0 Å². The molecular formula is C16H15F2N5O. The number of hydrogen-bond acceptors (Lipinski definition) is 6. The summed E-state index contributed by atoms with van der Waals surface area (Å²) < 4.78 is 25.2. The largest absolute Gasteiger partial charge is 0.372 e. The summed E-state index contributed by atoms with van der Waals surface area (Å²) in [7, 11) is 0. The van der Waals surface area contributed by atoms with Crippen molar-refractivity contribution in [1.29, 1.82) is 5.41 Å². The Kier molecular flexibility index (Phi) is 5.06. The first-order chi connectivity index (χ1) is 11.3. The predicted octanol–water partition coefficient (Wildman–Crippen LogP) is 2.17. The summed E-state index contributed by atoms with van der Waals surface area (Å²) in [6, 6.07) is 6.31. The zero-order valence-corrected chi connectivity index (χ0v) is 12.7. The first kappa shape index (κ1) is 17.3. The Hall–Kier alpha value is -3.05. The number of alkyl halides is 2. The quantitative estimate of drug-likeness (QED) is 0.507. The molecule has 0 spiro atoms. The van der Waals surface area contributed by atoms with Gasteiger partial charge in [-0.15, -0.1) is 0 Å². The molecule has 1 atom stereocenters. The standard InChI is InChI=1S/C16H15F2N5O/c1-16(24,14(17)18)6-4-10-2-3-11(9-19)12(8-10)22-13-5-7-21-15(20)23-13/h2-3,5,7-9,14,19,24H,1H3,(H3,20,21,22,23). The van der Waals surface area contributed by atoms with Crippen LogP contribution in [0.2, 0.25) is 0 Å². The number of aliphatic hydroxyl groups is 1. The van der Waals surface area contributed by atoms with Crippen LogP contribution in [0.1, 0.15) is 18.1 Å². The van der Waals surface area contributed by atoms with E-state index in [9.17, 15) is 13.9 Å². The topological polar surface area (TPSA) is 108 Å². The molecule has 0 radical (unpaired) electrons. The van der Waals surface area contributed by atoms with E-state index in [4.69, 9.17) is 11.1 Å². The molecule has 0 saturated carbocycles. The molecule has 0 amide bonds. The van der Waals surface area contributed by atoms with Gasteiger partial charge in [-0.05, 0) is 25.1 Å². The van der Waals surface area contributed by atoms with Crippen molar-refractivity contribution in [3.05, 3.63) is 41.6 Å². The molecule has 0 aliphatic rings. The molecular weight excluding hydrogens is 316 g/mol. The van der Waals surface area contributed by atoms with Crippen molar-refractivity contribution >= 4 is 23.7 Å². The van der Waals surface area contributed by atoms with E-state index < -0.39 is 12.0 Å². The summed E-state index contributed by atoms with van der Waals surface area (Å²) in [5, 5.41) is 19.9. The molecule has 6 nitrogen and oxygen atoms in total. The minimum absolute atomic E-state index is 0.0836. The van der Waals surface area contributed by atoms with Crippen LogP contribution in [0.3, 0.4) is 0 Å². The maximum absolute atomic E-state index is 12.6. The van der Waals surface area contributed by atoms with Gasteiger partial charge >= 0.3 is 0 Å². The first-order valence-electron chi connectivity index (χ1n) is 6.85. The molecule has 1 aromatic heterocycles. The molecule has 8 heteroatoms. The molecule has 0 fully saturated rings. The minimum Gasteiger partial charge on any atom is -0.372 e. The van der Waals surface area contributed by atoms with Gasteiger partial charge in [-0.1, -0.05) is 17.9 Å². The molecule has 0 saturated heterocycles. The molecule has 24 heavy (non-hydrogen) atoms. The van der Waals surface area contributed by atoms with Crippen LogP contribution >= 0.6 is 0 Å². The van der Waals surface area contributed by atoms with Gasteiger partial charge in [0.25, 0.3) is 6.43 Å². The zero-order chi connectivity index (χ0) is 17.7. The average Bonchev–Trinajstić information content (AvgIpc) is 2.53. The average molecular weight is 331 g/mol. The van der Waals surface area contributed by atoms with Crippen LogP contribution in [0.5, 0.6) is 0 Å². The number of nitrogen functional groups attached to an aromatic ring is 1. The Bertz CT molecular complexity index is 812. The van der Waals surface area contributed by atoms with E-state index >= 15 is 0 Å². The Balaban J connectivity index is 2.35. The molecule has 0 aliphatic heterocycles. The maximum atomic E-state index is 12.6. The molecule has 2 rings (SSSR count). The number of rotatable bonds is 4. The van der Waals surface area contributed by atoms with Crippen LogP contribution < -0.4 is 11.1 Å².